The molecule has 134 valence electrons. The van der Waals surface area contributed by atoms with Gasteiger partial charge in [-0.05, 0) is 25.1 Å². The van der Waals surface area contributed by atoms with Gasteiger partial charge in [-0.2, -0.15) is 8.42 Å². The maximum Gasteiger partial charge on any atom is 0.297 e. The summed E-state index contributed by atoms with van der Waals surface area (Å²) in [5, 5.41) is 14.4. The second kappa shape index (κ2) is 6.98. The van der Waals surface area contributed by atoms with E-state index in [2.05, 4.69) is 15.1 Å². The van der Waals surface area contributed by atoms with Crippen molar-refractivity contribution in [3.63, 3.8) is 0 Å². The molecule has 2 aromatic heterocycles. The summed E-state index contributed by atoms with van der Waals surface area (Å²) in [5.41, 5.74) is 0.0129. The molecule has 0 saturated carbocycles. The normalized spacial score (nSPS) is 12.7. The maximum atomic E-state index is 12.3. The van der Waals surface area contributed by atoms with E-state index >= 15 is 0 Å². The minimum Gasteiger partial charge on any atom is -0.353 e. The van der Waals surface area contributed by atoms with Crippen LogP contribution in [0.3, 0.4) is 0 Å². The second-order valence-corrected chi connectivity index (χ2v) is 6.70. The fourth-order valence-electron chi connectivity index (χ4n) is 2.04. The molecule has 11 heteroatoms. The van der Waals surface area contributed by atoms with Crippen molar-refractivity contribution < 1.29 is 22.0 Å². The predicted octanol–water partition coefficient (Wildman–Crippen LogP) is 2.51. The average Bonchev–Trinajstić information content (AvgIpc) is 3.12. The Morgan fingerprint density at radius 2 is 1.85 bits per heavy atom. The summed E-state index contributed by atoms with van der Waals surface area (Å²) in [5.74, 6) is 0.570. The molecule has 26 heavy (non-hydrogen) atoms. The second-order valence-electron chi connectivity index (χ2n) is 5.13. The molecule has 0 spiro atoms. The number of hydrogen-bond donors (Lipinski definition) is 0. The number of non-ortho nitro benzene ring substituents is 1. The zero-order chi connectivity index (χ0) is 18.7. The third kappa shape index (κ3) is 3.73. The van der Waals surface area contributed by atoms with Crippen LogP contribution in [0.25, 0.3) is 11.6 Å². The molecular weight excluding hydrogens is 364 g/mol. The molecule has 0 aliphatic carbocycles. The van der Waals surface area contributed by atoms with Crippen molar-refractivity contribution in [3.05, 3.63) is 64.6 Å². The molecule has 0 N–H and O–H groups in total. The first kappa shape index (κ1) is 17.6. The molecule has 10 nitrogen and oxygen atoms in total. The van der Waals surface area contributed by atoms with Crippen LogP contribution < -0.4 is 0 Å². The quantitative estimate of drug-likeness (QED) is 0.360. The summed E-state index contributed by atoms with van der Waals surface area (Å²) in [7, 11) is -4.14. The molecule has 1 aromatic carbocycles. The van der Waals surface area contributed by atoms with Gasteiger partial charge in [0.2, 0.25) is 5.76 Å². The van der Waals surface area contributed by atoms with E-state index in [0.29, 0.717) is 5.82 Å². The molecule has 0 bridgehead atoms. The van der Waals surface area contributed by atoms with E-state index in [9.17, 15) is 18.5 Å². The maximum absolute atomic E-state index is 12.3. The van der Waals surface area contributed by atoms with E-state index < -0.39 is 21.1 Å². The molecule has 1 atom stereocenters. The van der Waals surface area contributed by atoms with Crippen molar-refractivity contribution in [2.24, 2.45) is 0 Å². The number of nitro groups is 1. The van der Waals surface area contributed by atoms with Gasteiger partial charge < -0.3 is 4.52 Å². The molecular formula is C15H12N4O6S. The van der Waals surface area contributed by atoms with Crippen LogP contribution in [0.5, 0.6) is 0 Å². The van der Waals surface area contributed by atoms with Crippen molar-refractivity contribution in [1.29, 1.82) is 0 Å². The highest BCUT2D eigenvalue weighted by atomic mass is 32.2. The molecule has 0 amide bonds. The highest BCUT2D eigenvalue weighted by Crippen LogP contribution is 2.26. The molecule has 0 saturated heterocycles. The molecule has 0 aliphatic heterocycles. The molecule has 0 fully saturated rings. The van der Waals surface area contributed by atoms with Gasteiger partial charge >= 0.3 is 0 Å². The summed E-state index contributed by atoms with van der Waals surface area (Å²) in [6.45, 7) is 1.48. The standard InChI is InChI=1S/C15H12N4O6S/c1-10(13-9-14(24-18-13)15-16-7-2-8-17-15)25-26(22,23)12-5-3-11(4-6-12)19(20)21/h2-10H,1H3/t10-/m1/s1. The van der Waals surface area contributed by atoms with E-state index in [1.165, 1.54) is 25.4 Å². The molecule has 0 unspecified atom stereocenters. The van der Waals surface area contributed by atoms with Crippen LogP contribution >= 0.6 is 0 Å². The Hall–Kier alpha value is -3.18. The lowest BCUT2D eigenvalue weighted by Gasteiger charge is -2.10. The van der Waals surface area contributed by atoms with Crippen LogP contribution in [-0.4, -0.2) is 28.5 Å². The number of benzene rings is 1. The van der Waals surface area contributed by atoms with Crippen molar-refractivity contribution in [2.75, 3.05) is 0 Å². The lowest BCUT2D eigenvalue weighted by Crippen LogP contribution is -2.10. The van der Waals surface area contributed by atoms with Crippen LogP contribution in [0.1, 0.15) is 18.7 Å². The largest absolute Gasteiger partial charge is 0.353 e. The van der Waals surface area contributed by atoms with Gasteiger partial charge in [0.25, 0.3) is 15.8 Å². The molecule has 0 radical (unpaired) electrons. The fourth-order valence-corrected chi connectivity index (χ4v) is 3.10. The minimum atomic E-state index is -4.14. The van der Waals surface area contributed by atoms with E-state index in [4.69, 9.17) is 8.71 Å². The van der Waals surface area contributed by atoms with Gasteiger partial charge in [0, 0.05) is 30.6 Å². The zero-order valence-corrected chi connectivity index (χ0v) is 14.2. The van der Waals surface area contributed by atoms with Gasteiger partial charge in [-0.1, -0.05) is 5.16 Å². The van der Waals surface area contributed by atoms with E-state index in [0.717, 1.165) is 24.3 Å². The van der Waals surface area contributed by atoms with Gasteiger partial charge in [-0.15, -0.1) is 0 Å². The molecule has 0 aliphatic rings. The summed E-state index contributed by atoms with van der Waals surface area (Å²) in [4.78, 5) is 17.8. The lowest BCUT2D eigenvalue weighted by atomic mass is 10.2. The fraction of sp³-hybridized carbons (Fsp3) is 0.133. The van der Waals surface area contributed by atoms with Crippen molar-refractivity contribution in [1.82, 2.24) is 15.1 Å². The average molecular weight is 376 g/mol. The Balaban J connectivity index is 1.77. The summed E-state index contributed by atoms with van der Waals surface area (Å²) in [6, 6.07) is 7.50. The summed E-state index contributed by atoms with van der Waals surface area (Å²) >= 11 is 0. The number of nitrogens with zero attached hydrogens (tertiary/aromatic N) is 4. The SMILES string of the molecule is C[C@@H](OS(=O)(=O)c1ccc([N+](=O)[O-])cc1)c1cc(-c2ncccn2)on1. The Labute approximate surface area is 147 Å². The van der Waals surface area contributed by atoms with E-state index in [-0.39, 0.29) is 22.0 Å². The van der Waals surface area contributed by atoms with Crippen molar-refractivity contribution >= 4 is 15.8 Å². The van der Waals surface area contributed by atoms with Crippen molar-refractivity contribution in [3.8, 4) is 11.6 Å². The van der Waals surface area contributed by atoms with Crippen LogP contribution in [0.15, 0.2) is 58.2 Å². The first-order valence-electron chi connectivity index (χ1n) is 7.28. The van der Waals surface area contributed by atoms with E-state index in [1.54, 1.807) is 6.07 Å². The zero-order valence-electron chi connectivity index (χ0n) is 13.3. The van der Waals surface area contributed by atoms with Crippen LogP contribution in [0.2, 0.25) is 0 Å². The Kier molecular flexibility index (Phi) is 4.73. The minimum absolute atomic E-state index is 0.204. The Bertz CT molecular complexity index is 1020. The first-order chi connectivity index (χ1) is 12.4. The molecule has 3 rings (SSSR count). The topological polar surface area (TPSA) is 138 Å². The summed E-state index contributed by atoms with van der Waals surface area (Å²) in [6.07, 6.45) is 2.11. The number of aromatic nitrogens is 3. The van der Waals surface area contributed by atoms with Gasteiger partial charge in [0.05, 0.1) is 9.82 Å². The summed E-state index contributed by atoms with van der Waals surface area (Å²) < 4.78 is 34.8. The van der Waals surface area contributed by atoms with Crippen LogP contribution in [-0.2, 0) is 14.3 Å². The molecule has 2 heterocycles. The first-order valence-corrected chi connectivity index (χ1v) is 8.69. The monoisotopic (exact) mass is 376 g/mol. The smallest absolute Gasteiger partial charge is 0.297 e. The lowest BCUT2D eigenvalue weighted by molar-refractivity contribution is -0.384. The highest BCUT2D eigenvalue weighted by Gasteiger charge is 2.24. The van der Waals surface area contributed by atoms with Crippen LogP contribution in [0.4, 0.5) is 5.69 Å². The van der Waals surface area contributed by atoms with Gasteiger partial charge in [-0.25, -0.2) is 9.97 Å². The third-order valence-corrected chi connectivity index (χ3v) is 4.73. The Morgan fingerprint density at radius 1 is 1.19 bits per heavy atom. The molecule has 3 aromatic rings. The highest BCUT2D eigenvalue weighted by molar-refractivity contribution is 7.86. The van der Waals surface area contributed by atoms with Crippen LogP contribution in [0, 0.1) is 10.1 Å². The number of nitro benzene ring substituents is 1. The third-order valence-electron chi connectivity index (χ3n) is 3.34. The number of hydrogen-bond acceptors (Lipinski definition) is 9. The predicted molar refractivity (Wildman–Crippen MR) is 87.3 cm³/mol. The van der Waals surface area contributed by atoms with Gasteiger partial charge in [0.1, 0.15) is 11.8 Å². The van der Waals surface area contributed by atoms with E-state index in [1.807, 2.05) is 0 Å². The van der Waals surface area contributed by atoms with Crippen molar-refractivity contribution in [2.45, 2.75) is 17.9 Å². The number of rotatable bonds is 6. The van der Waals surface area contributed by atoms with Gasteiger partial charge in [0.15, 0.2) is 5.82 Å². The van der Waals surface area contributed by atoms with Gasteiger partial charge in [-0.3, -0.25) is 14.3 Å². The Morgan fingerprint density at radius 3 is 2.46 bits per heavy atom.